The summed E-state index contributed by atoms with van der Waals surface area (Å²) in [6, 6.07) is 4.80. The third-order valence-corrected chi connectivity index (χ3v) is 4.12. The van der Waals surface area contributed by atoms with Gasteiger partial charge in [-0.2, -0.15) is 0 Å². The Kier molecular flexibility index (Phi) is 3.57. The van der Waals surface area contributed by atoms with Crippen molar-refractivity contribution in [1.29, 1.82) is 0 Å². The molecule has 1 aliphatic rings. The van der Waals surface area contributed by atoms with E-state index in [0.717, 1.165) is 22.2 Å². The van der Waals surface area contributed by atoms with Gasteiger partial charge in [-0.1, -0.05) is 6.07 Å². The summed E-state index contributed by atoms with van der Waals surface area (Å²) in [7, 11) is 1.80. The van der Waals surface area contributed by atoms with Crippen LogP contribution < -0.4 is 10.2 Å². The van der Waals surface area contributed by atoms with E-state index in [2.05, 4.69) is 10.3 Å². The maximum Gasteiger partial charge on any atom is 0.245 e. The lowest BCUT2D eigenvalue weighted by atomic mass is 10.0. The van der Waals surface area contributed by atoms with Crippen LogP contribution in [0.25, 0.3) is 10.9 Å². The molecule has 2 aromatic rings. The number of carbonyl (C=O) groups excluding carboxylic acids is 1. The van der Waals surface area contributed by atoms with Crippen LogP contribution in [0, 0.1) is 0 Å². The summed E-state index contributed by atoms with van der Waals surface area (Å²) in [5.41, 5.74) is 2.93. The van der Waals surface area contributed by atoms with E-state index in [9.17, 15) is 15.0 Å². The molecule has 4 N–H and O–H groups in total. The highest BCUT2D eigenvalue weighted by molar-refractivity contribution is 5.98. The standard InChI is InChI=1S/C15H19N3O3/c1-18-12-4-2-3-11-14(12)9(6-16-11)5-10(7-19)17-15(21)13(18)8-20/h2-4,6,10,13,16,19-20H,5,7-8H2,1H3,(H,17,21)/t10-,13-/m0/s1. The fraction of sp³-hybridized carbons (Fsp3) is 0.400. The van der Waals surface area contributed by atoms with Gasteiger partial charge in [0.05, 0.1) is 19.3 Å². The first-order valence-corrected chi connectivity index (χ1v) is 6.99. The van der Waals surface area contributed by atoms with Crippen molar-refractivity contribution < 1.29 is 15.0 Å². The Morgan fingerprint density at radius 1 is 1.33 bits per heavy atom. The van der Waals surface area contributed by atoms with Gasteiger partial charge in [0.25, 0.3) is 0 Å². The van der Waals surface area contributed by atoms with E-state index < -0.39 is 6.04 Å². The van der Waals surface area contributed by atoms with Gasteiger partial charge in [-0.15, -0.1) is 0 Å². The monoisotopic (exact) mass is 289 g/mol. The minimum atomic E-state index is -0.675. The summed E-state index contributed by atoms with van der Waals surface area (Å²) in [5.74, 6) is -0.273. The average Bonchev–Trinajstić information content (AvgIpc) is 2.90. The molecule has 0 unspecified atom stereocenters. The van der Waals surface area contributed by atoms with E-state index in [1.54, 1.807) is 11.9 Å². The maximum atomic E-state index is 12.3. The number of aliphatic hydroxyl groups is 2. The zero-order valence-corrected chi connectivity index (χ0v) is 11.8. The topological polar surface area (TPSA) is 88.6 Å². The van der Waals surface area contributed by atoms with Crippen LogP contribution in [0.2, 0.25) is 0 Å². The second-order valence-corrected chi connectivity index (χ2v) is 5.42. The van der Waals surface area contributed by atoms with Crippen molar-refractivity contribution in [2.75, 3.05) is 25.2 Å². The summed E-state index contributed by atoms with van der Waals surface area (Å²) in [4.78, 5) is 17.3. The minimum Gasteiger partial charge on any atom is -0.394 e. The molecule has 1 amide bonds. The quantitative estimate of drug-likeness (QED) is 0.626. The Morgan fingerprint density at radius 3 is 2.86 bits per heavy atom. The van der Waals surface area contributed by atoms with E-state index in [4.69, 9.17) is 0 Å². The first-order chi connectivity index (χ1) is 10.2. The van der Waals surface area contributed by atoms with Crippen molar-refractivity contribution in [1.82, 2.24) is 10.3 Å². The highest BCUT2D eigenvalue weighted by atomic mass is 16.3. The van der Waals surface area contributed by atoms with Gasteiger partial charge in [0, 0.05) is 29.8 Å². The molecule has 2 heterocycles. The molecule has 0 saturated carbocycles. The van der Waals surface area contributed by atoms with Crippen molar-refractivity contribution in [3.8, 4) is 0 Å². The predicted molar refractivity (Wildman–Crippen MR) is 80.3 cm³/mol. The van der Waals surface area contributed by atoms with Crippen LogP contribution in [0.3, 0.4) is 0 Å². The lowest BCUT2D eigenvalue weighted by Gasteiger charge is -2.28. The number of nitrogens with zero attached hydrogens (tertiary/aromatic N) is 1. The van der Waals surface area contributed by atoms with E-state index in [-0.39, 0.29) is 25.2 Å². The van der Waals surface area contributed by atoms with Gasteiger partial charge < -0.3 is 25.4 Å². The van der Waals surface area contributed by atoms with Gasteiger partial charge in [-0.3, -0.25) is 4.79 Å². The average molecular weight is 289 g/mol. The van der Waals surface area contributed by atoms with Gasteiger partial charge >= 0.3 is 0 Å². The highest BCUT2D eigenvalue weighted by Crippen LogP contribution is 2.31. The fourth-order valence-electron chi connectivity index (χ4n) is 2.96. The number of aromatic nitrogens is 1. The number of aromatic amines is 1. The van der Waals surface area contributed by atoms with E-state index in [1.807, 2.05) is 24.4 Å². The molecule has 1 aromatic carbocycles. The number of H-pyrrole nitrogens is 1. The number of hydrogen-bond donors (Lipinski definition) is 4. The maximum absolute atomic E-state index is 12.3. The van der Waals surface area contributed by atoms with Gasteiger partial charge in [0.15, 0.2) is 0 Å². The number of anilines is 1. The second-order valence-electron chi connectivity index (χ2n) is 5.42. The number of aliphatic hydroxyl groups excluding tert-OH is 2. The van der Waals surface area contributed by atoms with Crippen LogP contribution >= 0.6 is 0 Å². The van der Waals surface area contributed by atoms with E-state index in [1.165, 1.54) is 0 Å². The number of benzene rings is 1. The number of rotatable bonds is 2. The molecule has 21 heavy (non-hydrogen) atoms. The SMILES string of the molecule is CN1c2cccc3[nH]cc(c23)C[C@@H](CO)NC(=O)[C@@H]1CO. The van der Waals surface area contributed by atoms with Crippen LogP contribution in [-0.2, 0) is 11.2 Å². The van der Waals surface area contributed by atoms with Crippen molar-refractivity contribution in [2.45, 2.75) is 18.5 Å². The van der Waals surface area contributed by atoms with Gasteiger partial charge in [-0.05, 0) is 24.1 Å². The third kappa shape index (κ3) is 2.26. The Hall–Kier alpha value is -2.05. The number of amides is 1. The smallest absolute Gasteiger partial charge is 0.245 e. The molecular weight excluding hydrogens is 270 g/mol. The molecule has 0 radical (unpaired) electrons. The summed E-state index contributed by atoms with van der Waals surface area (Å²) in [6.45, 7) is -0.418. The Balaban J connectivity index is 2.20. The first kappa shape index (κ1) is 13.9. The van der Waals surface area contributed by atoms with E-state index in [0.29, 0.717) is 6.42 Å². The normalized spacial score (nSPS) is 22.6. The van der Waals surface area contributed by atoms with E-state index >= 15 is 0 Å². The number of likely N-dealkylation sites (N-methyl/N-ethyl adjacent to an activating group) is 1. The molecule has 3 rings (SSSR count). The number of hydrogen-bond acceptors (Lipinski definition) is 4. The minimum absolute atomic E-state index is 0.136. The van der Waals surface area contributed by atoms with Gasteiger partial charge in [0.2, 0.25) is 5.91 Å². The molecule has 6 heteroatoms. The van der Waals surface area contributed by atoms with Crippen LogP contribution in [0.1, 0.15) is 5.56 Å². The van der Waals surface area contributed by atoms with Crippen molar-refractivity contribution >= 4 is 22.5 Å². The molecule has 112 valence electrons. The Bertz CT molecular complexity index is 667. The van der Waals surface area contributed by atoms with Crippen LogP contribution in [0.15, 0.2) is 24.4 Å². The molecule has 0 saturated heterocycles. The molecule has 0 fully saturated rings. The van der Waals surface area contributed by atoms with Crippen LogP contribution in [0.5, 0.6) is 0 Å². The Labute approximate surface area is 122 Å². The molecule has 0 bridgehead atoms. The first-order valence-electron chi connectivity index (χ1n) is 6.99. The summed E-state index contributed by atoms with van der Waals surface area (Å²) in [5, 5.41) is 22.9. The molecule has 2 atom stereocenters. The molecule has 0 spiro atoms. The zero-order chi connectivity index (χ0) is 15.0. The zero-order valence-electron chi connectivity index (χ0n) is 11.8. The third-order valence-electron chi connectivity index (χ3n) is 4.12. The van der Waals surface area contributed by atoms with Crippen LogP contribution in [0.4, 0.5) is 5.69 Å². The van der Waals surface area contributed by atoms with Crippen molar-refractivity contribution in [2.24, 2.45) is 0 Å². The molecule has 6 nitrogen and oxygen atoms in total. The summed E-state index contributed by atoms with van der Waals surface area (Å²) in [6.07, 6.45) is 2.46. The summed E-state index contributed by atoms with van der Waals surface area (Å²) >= 11 is 0. The van der Waals surface area contributed by atoms with Gasteiger partial charge in [-0.25, -0.2) is 0 Å². The largest absolute Gasteiger partial charge is 0.394 e. The molecule has 1 aromatic heterocycles. The molecule has 1 aliphatic heterocycles. The number of carbonyl (C=O) groups is 1. The summed E-state index contributed by atoms with van der Waals surface area (Å²) < 4.78 is 0. The highest BCUT2D eigenvalue weighted by Gasteiger charge is 2.29. The lowest BCUT2D eigenvalue weighted by Crippen LogP contribution is -2.51. The second kappa shape index (κ2) is 5.38. The fourth-order valence-corrected chi connectivity index (χ4v) is 2.96. The predicted octanol–water partition coefficient (Wildman–Crippen LogP) is -0.00180. The number of nitrogens with one attached hydrogen (secondary N) is 2. The van der Waals surface area contributed by atoms with Crippen molar-refractivity contribution in [3.05, 3.63) is 30.0 Å². The van der Waals surface area contributed by atoms with Crippen LogP contribution in [-0.4, -0.2) is 53.4 Å². The molecule has 0 aliphatic carbocycles. The van der Waals surface area contributed by atoms with Crippen molar-refractivity contribution in [3.63, 3.8) is 0 Å². The van der Waals surface area contributed by atoms with Gasteiger partial charge in [0.1, 0.15) is 6.04 Å². The molecular formula is C15H19N3O3. The lowest BCUT2D eigenvalue weighted by molar-refractivity contribution is -0.124. The Morgan fingerprint density at radius 2 is 2.14 bits per heavy atom.